The van der Waals surface area contributed by atoms with E-state index in [-0.39, 0.29) is 11.9 Å². The Kier molecular flexibility index (Phi) is 4.91. The van der Waals surface area contributed by atoms with Gasteiger partial charge in [-0.25, -0.2) is 0 Å². The van der Waals surface area contributed by atoms with E-state index in [9.17, 15) is 4.79 Å². The molecule has 0 spiro atoms. The third-order valence-corrected chi connectivity index (χ3v) is 3.82. The minimum atomic E-state index is 0.0434. The Balaban J connectivity index is 2.02. The lowest BCUT2D eigenvalue weighted by atomic mass is 10.2. The molecule has 0 radical (unpaired) electrons. The molecule has 1 aliphatic heterocycles. The van der Waals surface area contributed by atoms with Crippen molar-refractivity contribution in [2.45, 2.75) is 39.3 Å². The average Bonchev–Trinajstić information content (AvgIpc) is 2.89. The van der Waals surface area contributed by atoms with Crippen molar-refractivity contribution in [1.82, 2.24) is 14.8 Å². The third kappa shape index (κ3) is 3.32. The molecule has 104 valence electrons. The van der Waals surface area contributed by atoms with Gasteiger partial charge in [0.2, 0.25) is 5.91 Å². The summed E-state index contributed by atoms with van der Waals surface area (Å²) in [7, 11) is 0. The fourth-order valence-electron chi connectivity index (χ4n) is 2.74. The Morgan fingerprint density at radius 1 is 1.42 bits per heavy atom. The number of aromatic nitrogens is 1. The third-order valence-electron chi connectivity index (χ3n) is 3.82. The number of hydrogen-bond acceptors (Lipinski definition) is 3. The van der Waals surface area contributed by atoms with E-state index in [0.29, 0.717) is 0 Å². The molecule has 19 heavy (non-hydrogen) atoms. The molecule has 0 N–H and O–H groups in total. The first-order chi connectivity index (χ1) is 9.26. The monoisotopic (exact) mass is 261 g/mol. The quantitative estimate of drug-likeness (QED) is 0.812. The van der Waals surface area contributed by atoms with E-state index in [0.717, 1.165) is 44.7 Å². The minimum Gasteiger partial charge on any atom is -0.342 e. The molecule has 0 aliphatic carbocycles. The van der Waals surface area contributed by atoms with Gasteiger partial charge in [0.15, 0.2) is 0 Å². The highest BCUT2D eigenvalue weighted by molar-refractivity contribution is 5.82. The molecule has 1 amide bonds. The lowest BCUT2D eigenvalue weighted by molar-refractivity contribution is -0.135. The summed E-state index contributed by atoms with van der Waals surface area (Å²) in [4.78, 5) is 21.0. The van der Waals surface area contributed by atoms with Gasteiger partial charge in [-0.3, -0.25) is 14.7 Å². The number of likely N-dealkylation sites (tertiary alicyclic amines) is 1. The SMILES string of the molecule is CCN(CC)C(=O)[C@H]1CCCN1Cc1ccccn1. The molecular formula is C15H23N3O. The van der Waals surface area contributed by atoms with Crippen LogP contribution in [0, 0.1) is 0 Å². The largest absolute Gasteiger partial charge is 0.342 e. The van der Waals surface area contributed by atoms with Crippen LogP contribution in [0.2, 0.25) is 0 Å². The standard InChI is InChI=1S/C15H23N3O/c1-3-17(4-2)15(19)14-9-7-11-18(14)12-13-8-5-6-10-16-13/h5-6,8,10,14H,3-4,7,9,11-12H2,1-2H3/t14-/m1/s1. The van der Waals surface area contributed by atoms with Crippen LogP contribution in [0.1, 0.15) is 32.4 Å². The van der Waals surface area contributed by atoms with E-state index in [4.69, 9.17) is 0 Å². The molecule has 1 aromatic rings. The van der Waals surface area contributed by atoms with Crippen molar-refractivity contribution in [3.8, 4) is 0 Å². The van der Waals surface area contributed by atoms with Crippen LogP contribution >= 0.6 is 0 Å². The van der Waals surface area contributed by atoms with Crippen LogP contribution in [0.5, 0.6) is 0 Å². The predicted octanol–water partition coefficient (Wildman–Crippen LogP) is 1.91. The van der Waals surface area contributed by atoms with Crippen molar-refractivity contribution in [2.75, 3.05) is 19.6 Å². The first-order valence-electron chi connectivity index (χ1n) is 7.19. The second-order valence-electron chi connectivity index (χ2n) is 4.96. The molecule has 1 aliphatic rings. The van der Waals surface area contributed by atoms with Crippen molar-refractivity contribution >= 4 is 5.91 Å². The minimum absolute atomic E-state index is 0.0434. The molecule has 4 heteroatoms. The van der Waals surface area contributed by atoms with Crippen LogP contribution in [0.4, 0.5) is 0 Å². The first-order valence-corrected chi connectivity index (χ1v) is 7.19. The van der Waals surface area contributed by atoms with Gasteiger partial charge in [-0.2, -0.15) is 0 Å². The maximum Gasteiger partial charge on any atom is 0.239 e. The van der Waals surface area contributed by atoms with Gasteiger partial charge >= 0.3 is 0 Å². The molecule has 2 rings (SSSR count). The number of amides is 1. The number of likely N-dealkylation sites (N-methyl/N-ethyl adjacent to an activating group) is 1. The number of hydrogen-bond donors (Lipinski definition) is 0. The maximum atomic E-state index is 12.5. The molecule has 4 nitrogen and oxygen atoms in total. The summed E-state index contributed by atoms with van der Waals surface area (Å²) in [6, 6.07) is 5.99. The second kappa shape index (κ2) is 6.66. The fourth-order valence-corrected chi connectivity index (χ4v) is 2.74. The van der Waals surface area contributed by atoms with E-state index >= 15 is 0 Å². The van der Waals surface area contributed by atoms with Crippen molar-refractivity contribution in [3.63, 3.8) is 0 Å². The Hall–Kier alpha value is -1.42. The van der Waals surface area contributed by atoms with Crippen LogP contribution < -0.4 is 0 Å². The van der Waals surface area contributed by atoms with Gasteiger partial charge in [0.1, 0.15) is 0 Å². The molecular weight excluding hydrogens is 238 g/mol. The zero-order chi connectivity index (χ0) is 13.7. The summed E-state index contributed by atoms with van der Waals surface area (Å²) in [6.07, 6.45) is 3.89. The molecule has 0 aromatic carbocycles. The number of carbonyl (C=O) groups excluding carboxylic acids is 1. The second-order valence-corrected chi connectivity index (χ2v) is 4.96. The number of carbonyl (C=O) groups is 1. The van der Waals surface area contributed by atoms with E-state index < -0.39 is 0 Å². The summed E-state index contributed by atoms with van der Waals surface area (Å²) in [5.41, 5.74) is 1.04. The maximum absolute atomic E-state index is 12.5. The lowest BCUT2D eigenvalue weighted by Crippen LogP contribution is -2.45. The molecule has 0 saturated carbocycles. The van der Waals surface area contributed by atoms with Crippen molar-refractivity contribution in [3.05, 3.63) is 30.1 Å². The molecule has 1 aromatic heterocycles. The molecule has 0 bridgehead atoms. The first kappa shape index (κ1) is 14.0. The summed E-state index contributed by atoms with van der Waals surface area (Å²) in [5.74, 6) is 0.276. The molecule has 2 heterocycles. The highest BCUT2D eigenvalue weighted by atomic mass is 16.2. The highest BCUT2D eigenvalue weighted by Crippen LogP contribution is 2.21. The summed E-state index contributed by atoms with van der Waals surface area (Å²) in [6.45, 7) is 7.44. The Morgan fingerprint density at radius 3 is 2.84 bits per heavy atom. The van der Waals surface area contributed by atoms with Crippen molar-refractivity contribution in [1.29, 1.82) is 0 Å². The fraction of sp³-hybridized carbons (Fsp3) is 0.600. The Morgan fingerprint density at radius 2 is 2.21 bits per heavy atom. The van der Waals surface area contributed by atoms with Gasteiger partial charge in [0.05, 0.1) is 11.7 Å². The zero-order valence-corrected chi connectivity index (χ0v) is 11.9. The van der Waals surface area contributed by atoms with Gasteiger partial charge in [0.25, 0.3) is 0 Å². The van der Waals surface area contributed by atoms with E-state index in [1.807, 2.05) is 43.1 Å². The van der Waals surface area contributed by atoms with Crippen LogP contribution in [-0.2, 0) is 11.3 Å². The van der Waals surface area contributed by atoms with E-state index in [1.165, 1.54) is 0 Å². The van der Waals surface area contributed by atoms with Crippen LogP contribution in [0.15, 0.2) is 24.4 Å². The van der Waals surface area contributed by atoms with Crippen LogP contribution in [0.25, 0.3) is 0 Å². The number of pyridine rings is 1. The van der Waals surface area contributed by atoms with E-state index in [1.54, 1.807) is 0 Å². The molecule has 0 unspecified atom stereocenters. The predicted molar refractivity (Wildman–Crippen MR) is 75.6 cm³/mol. The van der Waals surface area contributed by atoms with Crippen molar-refractivity contribution < 1.29 is 4.79 Å². The smallest absolute Gasteiger partial charge is 0.239 e. The summed E-state index contributed by atoms with van der Waals surface area (Å²) < 4.78 is 0. The van der Waals surface area contributed by atoms with E-state index in [2.05, 4.69) is 9.88 Å². The van der Waals surface area contributed by atoms with Gasteiger partial charge in [-0.15, -0.1) is 0 Å². The van der Waals surface area contributed by atoms with Gasteiger partial charge in [-0.1, -0.05) is 6.07 Å². The summed E-state index contributed by atoms with van der Waals surface area (Å²) >= 11 is 0. The topological polar surface area (TPSA) is 36.4 Å². The van der Waals surface area contributed by atoms with Crippen molar-refractivity contribution in [2.24, 2.45) is 0 Å². The Bertz CT molecular complexity index is 403. The average molecular weight is 261 g/mol. The molecule has 1 fully saturated rings. The van der Waals surface area contributed by atoms with Gasteiger partial charge < -0.3 is 4.90 Å². The Labute approximate surface area is 115 Å². The molecule has 1 saturated heterocycles. The highest BCUT2D eigenvalue weighted by Gasteiger charge is 2.32. The van der Waals surface area contributed by atoms with Crippen LogP contribution in [0.3, 0.4) is 0 Å². The normalized spacial score (nSPS) is 19.6. The number of nitrogens with zero attached hydrogens (tertiary/aromatic N) is 3. The van der Waals surface area contributed by atoms with Gasteiger partial charge in [0, 0.05) is 25.8 Å². The van der Waals surface area contributed by atoms with Gasteiger partial charge in [-0.05, 0) is 45.4 Å². The number of rotatable bonds is 5. The van der Waals surface area contributed by atoms with Crippen LogP contribution in [-0.4, -0.2) is 46.4 Å². The zero-order valence-electron chi connectivity index (χ0n) is 11.9. The summed E-state index contributed by atoms with van der Waals surface area (Å²) in [5, 5.41) is 0. The lowest BCUT2D eigenvalue weighted by Gasteiger charge is -2.28. The molecule has 1 atom stereocenters.